The zero-order valence-electron chi connectivity index (χ0n) is 22.9. The van der Waals surface area contributed by atoms with Crippen LogP contribution in [-0.4, -0.2) is 55.2 Å². The van der Waals surface area contributed by atoms with Gasteiger partial charge in [0.1, 0.15) is 17.7 Å². The van der Waals surface area contributed by atoms with Gasteiger partial charge >= 0.3 is 5.97 Å². The number of methoxy groups -OCH3 is 1. The number of carbonyl (C=O) groups excluding carboxylic acids is 1. The minimum Gasteiger partial charge on any atom is -0.485 e. The molecule has 2 aliphatic heterocycles. The normalized spacial score (nSPS) is 26.8. The summed E-state index contributed by atoms with van der Waals surface area (Å²) in [5.74, 6) is 3.15. The van der Waals surface area contributed by atoms with Crippen molar-refractivity contribution in [3.63, 3.8) is 0 Å². The molecule has 2 aromatic rings. The van der Waals surface area contributed by atoms with E-state index in [0.29, 0.717) is 27.9 Å². The van der Waals surface area contributed by atoms with Crippen LogP contribution in [0.15, 0.2) is 30.5 Å². The summed E-state index contributed by atoms with van der Waals surface area (Å²) in [7, 11) is 1.50. The smallest absolute Gasteiger partial charge is 0.311 e. The van der Waals surface area contributed by atoms with Gasteiger partial charge in [-0.1, -0.05) is 36.2 Å². The van der Waals surface area contributed by atoms with Crippen LogP contribution in [0.1, 0.15) is 63.7 Å². The number of rotatable bonds is 8. The van der Waals surface area contributed by atoms with Crippen LogP contribution in [0, 0.1) is 17.3 Å². The van der Waals surface area contributed by atoms with Gasteiger partial charge in [0.05, 0.1) is 12.5 Å². The third kappa shape index (κ3) is 5.50. The quantitative estimate of drug-likeness (QED) is 0.340. The van der Waals surface area contributed by atoms with Gasteiger partial charge in [-0.2, -0.15) is 0 Å². The Bertz CT molecular complexity index is 1160. The SMILES string of the molecule is CCc1cnc(N2CC([C@H]3CCCN(C4CC(C)(C(=O)OC)C4)C3)C2)cc1O[C@H](C)c1ccc(Cl)cc1Cl. The number of carbonyl (C=O) groups is 1. The van der Waals surface area contributed by atoms with Crippen molar-refractivity contribution in [2.75, 3.05) is 38.2 Å². The number of halogens is 2. The van der Waals surface area contributed by atoms with Gasteiger partial charge in [0.25, 0.3) is 0 Å². The van der Waals surface area contributed by atoms with Crippen LogP contribution in [-0.2, 0) is 16.0 Å². The molecule has 3 heterocycles. The zero-order chi connectivity index (χ0) is 27.0. The average Bonchev–Trinajstić information content (AvgIpc) is 2.85. The molecule has 1 saturated carbocycles. The highest BCUT2D eigenvalue weighted by Crippen LogP contribution is 2.46. The monoisotopic (exact) mass is 559 g/mol. The van der Waals surface area contributed by atoms with Crippen molar-refractivity contribution in [3.8, 4) is 5.75 Å². The maximum atomic E-state index is 12.1. The van der Waals surface area contributed by atoms with Crippen LogP contribution in [0.5, 0.6) is 5.75 Å². The molecule has 0 N–H and O–H groups in total. The Kier molecular flexibility index (Phi) is 8.14. The van der Waals surface area contributed by atoms with Gasteiger partial charge in [-0.25, -0.2) is 4.98 Å². The molecule has 2 atom stereocenters. The number of esters is 1. The van der Waals surface area contributed by atoms with Crippen LogP contribution < -0.4 is 9.64 Å². The highest BCUT2D eigenvalue weighted by molar-refractivity contribution is 6.35. The fourth-order valence-corrected chi connectivity index (χ4v) is 7.06. The number of pyridine rings is 1. The lowest BCUT2D eigenvalue weighted by molar-refractivity contribution is -0.162. The topological polar surface area (TPSA) is 54.9 Å². The summed E-state index contributed by atoms with van der Waals surface area (Å²) in [6, 6.07) is 8.13. The summed E-state index contributed by atoms with van der Waals surface area (Å²) < 4.78 is 11.4. The standard InChI is InChI=1S/C30H39Cl2N3O3/c1-5-20-15-33-28(12-27(20)38-19(2)25-9-8-23(31)11-26(25)32)35-17-22(18-35)21-7-6-10-34(16-21)24-13-30(3,14-24)29(36)37-4/h8-9,11-12,15,19,21-22,24H,5-7,10,13-14,16-18H2,1-4H3/t19-,21+,24?,30?/m1/s1. The zero-order valence-corrected chi connectivity index (χ0v) is 24.4. The van der Waals surface area contributed by atoms with Crippen molar-refractivity contribution < 1.29 is 14.3 Å². The number of piperidine rings is 1. The first-order valence-corrected chi connectivity index (χ1v) is 14.6. The molecule has 38 heavy (non-hydrogen) atoms. The Hall–Kier alpha value is -2.02. The molecule has 0 amide bonds. The van der Waals surface area contributed by atoms with E-state index < -0.39 is 0 Å². The number of anilines is 1. The van der Waals surface area contributed by atoms with Gasteiger partial charge in [-0.15, -0.1) is 0 Å². The van der Waals surface area contributed by atoms with E-state index in [4.69, 9.17) is 37.7 Å². The van der Waals surface area contributed by atoms with E-state index in [-0.39, 0.29) is 17.5 Å². The molecule has 1 aliphatic carbocycles. The second kappa shape index (κ2) is 11.2. The van der Waals surface area contributed by atoms with Gasteiger partial charge in [-0.3, -0.25) is 4.79 Å². The highest BCUT2D eigenvalue weighted by atomic mass is 35.5. The Morgan fingerprint density at radius 1 is 1.18 bits per heavy atom. The van der Waals surface area contributed by atoms with E-state index >= 15 is 0 Å². The predicted molar refractivity (Wildman–Crippen MR) is 152 cm³/mol. The number of nitrogens with zero attached hydrogens (tertiary/aromatic N) is 3. The molecule has 0 radical (unpaired) electrons. The van der Waals surface area contributed by atoms with Crippen LogP contribution in [0.4, 0.5) is 5.82 Å². The van der Waals surface area contributed by atoms with Gasteiger partial charge in [0.2, 0.25) is 0 Å². The molecular weight excluding hydrogens is 521 g/mol. The number of aryl methyl sites for hydroxylation is 1. The van der Waals surface area contributed by atoms with E-state index in [1.165, 1.54) is 20.0 Å². The Balaban J connectivity index is 1.18. The van der Waals surface area contributed by atoms with Crippen molar-refractivity contribution in [3.05, 3.63) is 51.6 Å². The fourth-order valence-electron chi connectivity index (χ4n) is 6.49. The lowest BCUT2D eigenvalue weighted by Crippen LogP contribution is -2.58. The average molecular weight is 561 g/mol. The van der Waals surface area contributed by atoms with Crippen molar-refractivity contribution >= 4 is 35.0 Å². The van der Waals surface area contributed by atoms with Crippen molar-refractivity contribution in [2.24, 2.45) is 17.3 Å². The number of hydrogen-bond donors (Lipinski definition) is 0. The molecule has 8 heteroatoms. The van der Waals surface area contributed by atoms with E-state index in [2.05, 4.69) is 22.8 Å². The summed E-state index contributed by atoms with van der Waals surface area (Å²) in [5.41, 5.74) is 1.71. The lowest BCUT2D eigenvalue weighted by atomic mass is 9.65. The lowest BCUT2D eigenvalue weighted by Gasteiger charge is -2.52. The molecule has 3 fully saturated rings. The molecule has 0 unspecified atom stereocenters. The van der Waals surface area contributed by atoms with Crippen molar-refractivity contribution in [1.82, 2.24) is 9.88 Å². The third-order valence-electron chi connectivity index (χ3n) is 8.97. The van der Waals surface area contributed by atoms with E-state index in [9.17, 15) is 4.79 Å². The second-order valence-corrected chi connectivity index (χ2v) is 12.4. The van der Waals surface area contributed by atoms with Crippen LogP contribution in [0.2, 0.25) is 10.0 Å². The second-order valence-electron chi connectivity index (χ2n) is 11.6. The summed E-state index contributed by atoms with van der Waals surface area (Å²) in [5, 5.41) is 1.23. The van der Waals surface area contributed by atoms with E-state index in [0.717, 1.165) is 68.1 Å². The Labute approximate surface area is 236 Å². The molecule has 3 aliphatic rings. The summed E-state index contributed by atoms with van der Waals surface area (Å²) in [4.78, 5) is 21.9. The maximum Gasteiger partial charge on any atom is 0.311 e. The van der Waals surface area contributed by atoms with Crippen LogP contribution in [0.25, 0.3) is 0 Å². The van der Waals surface area contributed by atoms with E-state index in [1.54, 1.807) is 6.07 Å². The summed E-state index contributed by atoms with van der Waals surface area (Å²) >= 11 is 12.5. The molecule has 206 valence electrons. The van der Waals surface area contributed by atoms with Gasteiger partial charge < -0.3 is 19.3 Å². The minimum atomic E-state index is -0.299. The first kappa shape index (κ1) is 27.5. The van der Waals surface area contributed by atoms with Gasteiger partial charge in [0.15, 0.2) is 0 Å². The number of aromatic nitrogens is 1. The molecular formula is C30H39Cl2N3O3. The molecule has 2 saturated heterocycles. The Morgan fingerprint density at radius 2 is 1.95 bits per heavy atom. The largest absolute Gasteiger partial charge is 0.485 e. The van der Waals surface area contributed by atoms with Crippen molar-refractivity contribution in [2.45, 2.75) is 65.0 Å². The van der Waals surface area contributed by atoms with E-state index in [1.807, 2.05) is 32.2 Å². The molecule has 0 bridgehead atoms. The molecule has 1 aromatic carbocycles. The third-order valence-corrected chi connectivity index (χ3v) is 9.53. The minimum absolute atomic E-state index is 0.0625. The predicted octanol–water partition coefficient (Wildman–Crippen LogP) is 6.58. The maximum absolute atomic E-state index is 12.1. The molecule has 5 rings (SSSR count). The summed E-state index contributed by atoms with van der Waals surface area (Å²) in [6.07, 6.45) is 6.94. The number of likely N-dealkylation sites (tertiary alicyclic amines) is 1. The molecule has 1 aromatic heterocycles. The first-order chi connectivity index (χ1) is 18.2. The van der Waals surface area contributed by atoms with Crippen LogP contribution in [0.3, 0.4) is 0 Å². The molecule has 0 spiro atoms. The fraction of sp³-hybridized carbons (Fsp3) is 0.600. The van der Waals surface area contributed by atoms with Gasteiger partial charge in [0, 0.05) is 59.1 Å². The van der Waals surface area contributed by atoms with Gasteiger partial charge in [-0.05, 0) is 76.5 Å². The number of ether oxygens (including phenoxy) is 2. The van der Waals surface area contributed by atoms with Crippen molar-refractivity contribution in [1.29, 1.82) is 0 Å². The molecule has 6 nitrogen and oxygen atoms in total. The Morgan fingerprint density at radius 3 is 2.63 bits per heavy atom. The first-order valence-electron chi connectivity index (χ1n) is 13.9. The summed E-state index contributed by atoms with van der Waals surface area (Å²) in [6.45, 7) is 10.5. The van der Waals surface area contributed by atoms with Crippen LogP contribution >= 0.6 is 23.2 Å². The number of benzene rings is 1. The number of hydrogen-bond acceptors (Lipinski definition) is 6. The highest BCUT2D eigenvalue weighted by Gasteiger charge is 2.50.